The summed E-state index contributed by atoms with van der Waals surface area (Å²) >= 11 is 5.85. The van der Waals surface area contributed by atoms with Crippen LogP contribution in [0.2, 0.25) is 5.02 Å². The van der Waals surface area contributed by atoms with Crippen molar-refractivity contribution in [3.05, 3.63) is 74.3 Å². The number of nitrogens with zero attached hydrogens (tertiary/aromatic N) is 2. The highest BCUT2D eigenvalue weighted by atomic mass is 35.5. The van der Waals surface area contributed by atoms with Crippen molar-refractivity contribution < 1.29 is 24.0 Å². The zero-order chi connectivity index (χ0) is 18.1. The molecule has 8 nitrogen and oxygen atoms in total. The van der Waals surface area contributed by atoms with Gasteiger partial charge in [-0.25, -0.2) is 9.69 Å². The van der Waals surface area contributed by atoms with Crippen molar-refractivity contribution in [2.75, 3.05) is 6.73 Å². The first-order valence-electron chi connectivity index (χ1n) is 6.96. The Hall–Kier alpha value is -3.26. The van der Waals surface area contributed by atoms with E-state index in [-0.39, 0.29) is 27.4 Å². The van der Waals surface area contributed by atoms with Crippen LogP contribution in [0.3, 0.4) is 0 Å². The molecular weight excluding hydrogens is 352 g/mol. The van der Waals surface area contributed by atoms with Gasteiger partial charge in [0.1, 0.15) is 0 Å². The molecule has 0 unspecified atom stereocenters. The number of non-ortho nitro benzene ring substituents is 1. The highest BCUT2D eigenvalue weighted by molar-refractivity contribution is 6.33. The van der Waals surface area contributed by atoms with Gasteiger partial charge in [0, 0.05) is 12.1 Å². The molecule has 1 aliphatic rings. The summed E-state index contributed by atoms with van der Waals surface area (Å²) in [7, 11) is 0. The molecule has 1 heterocycles. The topological polar surface area (TPSA) is 107 Å². The molecule has 0 saturated carbocycles. The van der Waals surface area contributed by atoms with Crippen LogP contribution in [0.1, 0.15) is 31.1 Å². The summed E-state index contributed by atoms with van der Waals surface area (Å²) in [5, 5.41) is 10.7. The number of imide groups is 1. The number of benzene rings is 2. The third kappa shape index (κ3) is 2.94. The molecule has 0 bridgehead atoms. The number of esters is 1. The number of hydrogen-bond donors (Lipinski definition) is 0. The van der Waals surface area contributed by atoms with Crippen LogP contribution in [-0.2, 0) is 4.74 Å². The Kier molecular flexibility index (Phi) is 4.20. The number of nitro groups is 1. The lowest BCUT2D eigenvalue weighted by atomic mass is 10.1. The van der Waals surface area contributed by atoms with Crippen LogP contribution in [-0.4, -0.2) is 34.3 Å². The van der Waals surface area contributed by atoms with Gasteiger partial charge >= 0.3 is 5.97 Å². The summed E-state index contributed by atoms with van der Waals surface area (Å²) in [6, 6.07) is 9.52. The minimum atomic E-state index is -0.981. The summed E-state index contributed by atoms with van der Waals surface area (Å²) in [6.45, 7) is -0.621. The molecule has 0 aliphatic carbocycles. The summed E-state index contributed by atoms with van der Waals surface area (Å²) in [6.07, 6.45) is 0. The first-order chi connectivity index (χ1) is 11.9. The summed E-state index contributed by atoms with van der Waals surface area (Å²) in [4.78, 5) is 47.3. The lowest BCUT2D eigenvalue weighted by Crippen LogP contribution is -2.33. The van der Waals surface area contributed by atoms with Gasteiger partial charge < -0.3 is 4.74 Å². The third-order valence-corrected chi connectivity index (χ3v) is 3.91. The Bertz CT molecular complexity index is 892. The molecule has 0 radical (unpaired) electrons. The number of rotatable bonds is 4. The number of amides is 2. The van der Waals surface area contributed by atoms with Crippen molar-refractivity contribution in [2.24, 2.45) is 0 Å². The molecule has 0 fully saturated rings. The molecule has 3 rings (SSSR count). The minimum absolute atomic E-state index is 0.0436. The maximum atomic E-state index is 12.2. The van der Waals surface area contributed by atoms with Gasteiger partial charge in [0.05, 0.1) is 26.6 Å². The molecule has 2 amide bonds. The van der Waals surface area contributed by atoms with E-state index in [0.717, 1.165) is 17.0 Å². The molecule has 0 aromatic heterocycles. The first kappa shape index (κ1) is 16.6. The van der Waals surface area contributed by atoms with Crippen LogP contribution in [0.4, 0.5) is 5.69 Å². The molecule has 126 valence electrons. The predicted octanol–water partition coefficient (Wildman–Crippen LogP) is 2.66. The van der Waals surface area contributed by atoms with E-state index in [0.29, 0.717) is 0 Å². The van der Waals surface area contributed by atoms with E-state index in [1.165, 1.54) is 18.2 Å². The predicted molar refractivity (Wildman–Crippen MR) is 85.3 cm³/mol. The molecule has 0 N–H and O–H groups in total. The van der Waals surface area contributed by atoms with Crippen molar-refractivity contribution in [1.29, 1.82) is 0 Å². The van der Waals surface area contributed by atoms with Gasteiger partial charge in [0.25, 0.3) is 17.5 Å². The zero-order valence-corrected chi connectivity index (χ0v) is 13.2. The number of carbonyl (C=O) groups excluding carboxylic acids is 3. The molecular formula is C16H9ClN2O6. The Morgan fingerprint density at radius 3 is 2.28 bits per heavy atom. The SMILES string of the molecule is O=C(OCN1C(=O)c2ccccc2C1=O)c1cc([N+](=O)[O-])ccc1Cl. The maximum absolute atomic E-state index is 12.2. The van der Waals surface area contributed by atoms with Crippen LogP contribution >= 0.6 is 11.6 Å². The highest BCUT2D eigenvalue weighted by Gasteiger charge is 2.36. The fourth-order valence-corrected chi connectivity index (χ4v) is 2.54. The second-order valence-corrected chi connectivity index (χ2v) is 5.47. The molecule has 0 spiro atoms. The summed E-state index contributed by atoms with van der Waals surface area (Å²) in [5.41, 5.74) is -0.126. The average molecular weight is 361 g/mol. The average Bonchev–Trinajstić information content (AvgIpc) is 2.84. The van der Waals surface area contributed by atoms with Crippen molar-refractivity contribution >= 4 is 35.1 Å². The van der Waals surface area contributed by atoms with Crippen molar-refractivity contribution in [3.8, 4) is 0 Å². The number of ether oxygens (including phenoxy) is 1. The van der Waals surface area contributed by atoms with Crippen LogP contribution in [0, 0.1) is 10.1 Å². The molecule has 0 saturated heterocycles. The highest BCUT2D eigenvalue weighted by Crippen LogP contribution is 2.25. The zero-order valence-electron chi connectivity index (χ0n) is 12.5. The van der Waals surface area contributed by atoms with Crippen molar-refractivity contribution in [1.82, 2.24) is 4.90 Å². The van der Waals surface area contributed by atoms with Crippen LogP contribution < -0.4 is 0 Å². The Morgan fingerprint density at radius 2 is 1.72 bits per heavy atom. The monoisotopic (exact) mass is 360 g/mol. The number of hydrogen-bond acceptors (Lipinski definition) is 6. The molecule has 0 atom stereocenters. The van der Waals surface area contributed by atoms with Gasteiger partial charge in [-0.1, -0.05) is 23.7 Å². The molecule has 9 heteroatoms. The van der Waals surface area contributed by atoms with Crippen LogP contribution in [0.5, 0.6) is 0 Å². The number of halogens is 1. The summed E-state index contributed by atoms with van der Waals surface area (Å²) in [5.74, 6) is -2.15. The Morgan fingerprint density at radius 1 is 1.12 bits per heavy atom. The lowest BCUT2D eigenvalue weighted by Gasteiger charge is -2.14. The third-order valence-electron chi connectivity index (χ3n) is 3.58. The maximum Gasteiger partial charge on any atom is 0.341 e. The quantitative estimate of drug-likeness (QED) is 0.359. The van der Waals surface area contributed by atoms with Gasteiger partial charge in [-0.2, -0.15) is 0 Å². The standard InChI is InChI=1S/C16H9ClN2O6/c17-13-6-5-9(19(23)24)7-12(13)16(22)25-8-18-14(20)10-3-1-2-4-11(10)15(18)21/h1-7H,8H2. The molecule has 25 heavy (non-hydrogen) atoms. The number of fused-ring (bicyclic) bond motifs is 1. The second-order valence-electron chi connectivity index (χ2n) is 5.07. The normalized spacial score (nSPS) is 12.9. The number of carbonyl (C=O) groups is 3. The van der Waals surface area contributed by atoms with Gasteiger partial charge in [0.15, 0.2) is 6.73 Å². The first-order valence-corrected chi connectivity index (χ1v) is 7.34. The van der Waals surface area contributed by atoms with Crippen LogP contribution in [0.25, 0.3) is 0 Å². The van der Waals surface area contributed by atoms with E-state index in [9.17, 15) is 24.5 Å². The smallest absolute Gasteiger partial charge is 0.341 e. The Labute approximate surface area is 145 Å². The van der Waals surface area contributed by atoms with E-state index in [1.54, 1.807) is 12.1 Å². The van der Waals surface area contributed by atoms with Gasteiger partial charge in [0.2, 0.25) is 0 Å². The fraction of sp³-hybridized carbons (Fsp3) is 0.0625. The molecule has 2 aromatic carbocycles. The molecule has 2 aromatic rings. The number of nitro benzene ring substituents is 1. The van der Waals surface area contributed by atoms with Gasteiger partial charge in [-0.15, -0.1) is 0 Å². The van der Waals surface area contributed by atoms with Gasteiger partial charge in [-0.3, -0.25) is 19.7 Å². The van der Waals surface area contributed by atoms with E-state index in [1.807, 2.05) is 0 Å². The van der Waals surface area contributed by atoms with E-state index in [4.69, 9.17) is 16.3 Å². The van der Waals surface area contributed by atoms with Crippen molar-refractivity contribution in [2.45, 2.75) is 0 Å². The summed E-state index contributed by atoms with van der Waals surface area (Å²) < 4.78 is 4.94. The fourth-order valence-electron chi connectivity index (χ4n) is 2.34. The van der Waals surface area contributed by atoms with E-state index >= 15 is 0 Å². The lowest BCUT2D eigenvalue weighted by molar-refractivity contribution is -0.384. The largest absolute Gasteiger partial charge is 0.440 e. The van der Waals surface area contributed by atoms with Crippen LogP contribution in [0.15, 0.2) is 42.5 Å². The van der Waals surface area contributed by atoms with E-state index in [2.05, 4.69) is 0 Å². The van der Waals surface area contributed by atoms with Gasteiger partial charge in [-0.05, 0) is 18.2 Å². The minimum Gasteiger partial charge on any atom is -0.440 e. The Balaban J connectivity index is 1.76. The van der Waals surface area contributed by atoms with E-state index < -0.39 is 29.4 Å². The second kappa shape index (κ2) is 6.33. The molecule has 1 aliphatic heterocycles. The van der Waals surface area contributed by atoms with Crippen molar-refractivity contribution in [3.63, 3.8) is 0 Å².